The molecular formula is C14H33NO. The van der Waals surface area contributed by atoms with Crippen LogP contribution in [0, 0.1) is 5.92 Å². The van der Waals surface area contributed by atoms with Crippen molar-refractivity contribution < 1.29 is 4.74 Å². The van der Waals surface area contributed by atoms with Crippen molar-refractivity contribution in [3.05, 3.63) is 0 Å². The molecule has 0 saturated carbocycles. The topological polar surface area (TPSA) is 21.3 Å². The number of hydrogen-bond acceptors (Lipinski definition) is 2. The van der Waals surface area contributed by atoms with E-state index in [0.29, 0.717) is 0 Å². The lowest BCUT2D eigenvalue weighted by atomic mass is 10.0. The first-order valence-corrected chi connectivity index (χ1v) is 6.82. The predicted octanol–water partition coefficient (Wildman–Crippen LogP) is 3.85. The molecule has 0 rings (SSSR count). The summed E-state index contributed by atoms with van der Waals surface area (Å²) in [7, 11) is 0. The first-order chi connectivity index (χ1) is 7.48. The highest BCUT2D eigenvalue weighted by Gasteiger charge is 2.17. The Hall–Kier alpha value is -0.0800. The Morgan fingerprint density at radius 1 is 1.19 bits per heavy atom. The van der Waals surface area contributed by atoms with E-state index >= 15 is 0 Å². The molecule has 1 N–H and O–H groups in total. The van der Waals surface area contributed by atoms with E-state index in [1.54, 1.807) is 0 Å². The molecule has 2 nitrogen and oxygen atoms in total. The Labute approximate surface area is 103 Å². The molecule has 0 radical (unpaired) electrons. The van der Waals surface area contributed by atoms with E-state index in [1.165, 1.54) is 0 Å². The Balaban J connectivity index is 0. The molecule has 0 atom stereocenters. The lowest BCUT2D eigenvalue weighted by Gasteiger charge is -2.26. The van der Waals surface area contributed by atoms with E-state index in [4.69, 9.17) is 4.74 Å². The van der Waals surface area contributed by atoms with Crippen LogP contribution in [-0.4, -0.2) is 25.3 Å². The smallest absolute Gasteiger partial charge is 0.0638 e. The zero-order valence-corrected chi connectivity index (χ0v) is 12.5. The van der Waals surface area contributed by atoms with Gasteiger partial charge in [0.2, 0.25) is 0 Å². The van der Waals surface area contributed by atoms with Crippen LogP contribution in [0.15, 0.2) is 0 Å². The van der Waals surface area contributed by atoms with Crippen LogP contribution in [0.4, 0.5) is 0 Å². The molecule has 0 saturated heterocycles. The van der Waals surface area contributed by atoms with Gasteiger partial charge in [-0.2, -0.15) is 0 Å². The van der Waals surface area contributed by atoms with E-state index in [-0.39, 0.29) is 5.60 Å². The third-order valence-electron chi connectivity index (χ3n) is 2.34. The van der Waals surface area contributed by atoms with Crippen LogP contribution < -0.4 is 5.32 Å². The zero-order valence-electron chi connectivity index (χ0n) is 12.5. The molecule has 0 aromatic carbocycles. The molecule has 0 aliphatic heterocycles. The lowest BCUT2D eigenvalue weighted by molar-refractivity contribution is -0.0271. The quantitative estimate of drug-likeness (QED) is 0.641. The molecule has 2 heteroatoms. The molecular weight excluding hydrogens is 198 g/mol. The van der Waals surface area contributed by atoms with Gasteiger partial charge in [-0.15, -0.1) is 0 Å². The molecule has 0 spiro atoms. The summed E-state index contributed by atoms with van der Waals surface area (Å²) < 4.78 is 5.85. The van der Waals surface area contributed by atoms with Gasteiger partial charge >= 0.3 is 0 Å². The summed E-state index contributed by atoms with van der Waals surface area (Å²) >= 11 is 0. The van der Waals surface area contributed by atoms with Crippen molar-refractivity contribution in [2.45, 2.75) is 66.9 Å². The monoisotopic (exact) mass is 231 g/mol. The fourth-order valence-corrected chi connectivity index (χ4v) is 1.21. The fraction of sp³-hybridized carbons (Fsp3) is 1.00. The Morgan fingerprint density at radius 3 is 2.19 bits per heavy atom. The van der Waals surface area contributed by atoms with Gasteiger partial charge in [-0.1, -0.05) is 34.6 Å². The average Bonchev–Trinajstić information content (AvgIpc) is 2.20. The maximum absolute atomic E-state index is 5.85. The Morgan fingerprint density at radius 2 is 1.75 bits per heavy atom. The van der Waals surface area contributed by atoms with Crippen molar-refractivity contribution in [1.82, 2.24) is 5.32 Å². The Kier molecular flexibility index (Phi) is 13.0. The summed E-state index contributed by atoms with van der Waals surface area (Å²) in [5.41, 5.74) is 0.0249. The standard InChI is InChI=1S/C12H27NO.C2H6/c1-6-13-9-8-12(4,5)14-10-7-11(2)3;1-2/h11,13H,6-10H2,1-5H3;1-2H3. The van der Waals surface area contributed by atoms with Gasteiger partial charge in [-0.3, -0.25) is 0 Å². The molecule has 0 aliphatic carbocycles. The maximum atomic E-state index is 5.85. The zero-order chi connectivity index (χ0) is 13.0. The largest absolute Gasteiger partial charge is 0.376 e. The lowest BCUT2D eigenvalue weighted by Crippen LogP contribution is -2.30. The summed E-state index contributed by atoms with van der Waals surface area (Å²) in [6.07, 6.45) is 2.24. The van der Waals surface area contributed by atoms with Crippen LogP contribution >= 0.6 is 0 Å². The third kappa shape index (κ3) is 13.9. The normalized spacial score (nSPS) is 11.2. The van der Waals surface area contributed by atoms with Crippen LogP contribution in [0.1, 0.15) is 61.3 Å². The van der Waals surface area contributed by atoms with Crippen molar-refractivity contribution in [1.29, 1.82) is 0 Å². The first kappa shape index (κ1) is 18.3. The summed E-state index contributed by atoms with van der Waals surface area (Å²) in [6, 6.07) is 0. The summed E-state index contributed by atoms with van der Waals surface area (Å²) in [4.78, 5) is 0. The van der Waals surface area contributed by atoms with Crippen molar-refractivity contribution in [3.8, 4) is 0 Å². The minimum atomic E-state index is 0.0249. The van der Waals surface area contributed by atoms with Crippen LogP contribution in [0.3, 0.4) is 0 Å². The van der Waals surface area contributed by atoms with Gasteiger partial charge < -0.3 is 10.1 Å². The van der Waals surface area contributed by atoms with Crippen LogP contribution in [0.25, 0.3) is 0 Å². The van der Waals surface area contributed by atoms with Crippen molar-refractivity contribution >= 4 is 0 Å². The summed E-state index contributed by atoms with van der Waals surface area (Å²) in [5, 5.41) is 3.32. The number of hydrogen-bond donors (Lipinski definition) is 1. The van der Waals surface area contributed by atoms with E-state index in [0.717, 1.165) is 38.5 Å². The van der Waals surface area contributed by atoms with Crippen LogP contribution in [0.5, 0.6) is 0 Å². The highest BCUT2D eigenvalue weighted by molar-refractivity contribution is 4.69. The second-order valence-electron chi connectivity index (χ2n) is 4.89. The molecule has 0 bridgehead atoms. The van der Waals surface area contributed by atoms with E-state index in [1.807, 2.05) is 13.8 Å². The van der Waals surface area contributed by atoms with Gasteiger partial charge in [0.05, 0.1) is 5.60 Å². The number of ether oxygens (including phenoxy) is 1. The van der Waals surface area contributed by atoms with Crippen molar-refractivity contribution in [2.75, 3.05) is 19.7 Å². The van der Waals surface area contributed by atoms with Gasteiger partial charge in [-0.25, -0.2) is 0 Å². The van der Waals surface area contributed by atoms with Crippen LogP contribution in [0.2, 0.25) is 0 Å². The molecule has 0 aliphatic rings. The maximum Gasteiger partial charge on any atom is 0.0638 e. The fourth-order valence-electron chi connectivity index (χ4n) is 1.21. The SMILES string of the molecule is CC.CCNCCC(C)(C)OCCC(C)C. The molecule has 0 aromatic rings. The second kappa shape index (κ2) is 11.4. The van der Waals surface area contributed by atoms with Crippen molar-refractivity contribution in [3.63, 3.8) is 0 Å². The van der Waals surface area contributed by atoms with Gasteiger partial charge in [0, 0.05) is 6.61 Å². The molecule has 0 fully saturated rings. The highest BCUT2D eigenvalue weighted by atomic mass is 16.5. The Bertz CT molecular complexity index is 133. The van der Waals surface area contributed by atoms with Gasteiger partial charge in [0.1, 0.15) is 0 Å². The van der Waals surface area contributed by atoms with E-state index in [9.17, 15) is 0 Å². The van der Waals surface area contributed by atoms with Gasteiger partial charge in [-0.05, 0) is 45.7 Å². The molecule has 0 aromatic heterocycles. The second-order valence-corrected chi connectivity index (χ2v) is 4.89. The summed E-state index contributed by atoms with van der Waals surface area (Å²) in [5.74, 6) is 0.736. The molecule has 0 unspecified atom stereocenters. The van der Waals surface area contributed by atoms with Crippen molar-refractivity contribution in [2.24, 2.45) is 5.92 Å². The minimum Gasteiger partial charge on any atom is -0.376 e. The molecule has 0 heterocycles. The van der Waals surface area contributed by atoms with E-state index in [2.05, 4.69) is 39.9 Å². The number of rotatable bonds is 8. The average molecular weight is 231 g/mol. The third-order valence-corrected chi connectivity index (χ3v) is 2.34. The minimum absolute atomic E-state index is 0.0249. The predicted molar refractivity (Wildman–Crippen MR) is 74.0 cm³/mol. The summed E-state index contributed by atoms with van der Waals surface area (Å²) in [6.45, 7) is 17.9. The molecule has 0 amide bonds. The highest BCUT2D eigenvalue weighted by Crippen LogP contribution is 2.15. The van der Waals surface area contributed by atoms with Crippen LogP contribution in [-0.2, 0) is 4.74 Å². The van der Waals surface area contributed by atoms with Gasteiger partial charge in [0.25, 0.3) is 0 Å². The molecule has 16 heavy (non-hydrogen) atoms. The molecule has 100 valence electrons. The van der Waals surface area contributed by atoms with Gasteiger partial charge in [0.15, 0.2) is 0 Å². The number of nitrogens with one attached hydrogen (secondary N) is 1. The first-order valence-electron chi connectivity index (χ1n) is 6.82. The van der Waals surface area contributed by atoms with E-state index < -0.39 is 0 Å².